The molecule has 0 bridgehead atoms. The van der Waals surface area contributed by atoms with Crippen LogP contribution >= 0.6 is 7.82 Å². The maximum absolute atomic E-state index is 12.7. The number of hydrogen-bond donors (Lipinski definition) is 2. The highest BCUT2D eigenvalue weighted by molar-refractivity contribution is 7.47. The molecule has 0 saturated carbocycles. The maximum Gasteiger partial charge on any atom is 0.472 e. The Morgan fingerprint density at radius 3 is 1.06 bits per heavy atom. The van der Waals surface area contributed by atoms with Crippen LogP contribution in [0.4, 0.5) is 0 Å². The Morgan fingerprint density at radius 1 is 0.417 bits per heavy atom. The number of phosphoric ester groups is 1. The van der Waals surface area contributed by atoms with Crippen molar-refractivity contribution in [1.29, 1.82) is 0 Å². The predicted octanol–water partition coefficient (Wildman–Crippen LogP) is 19.8. The normalized spacial score (nSPS) is 13.1. The van der Waals surface area contributed by atoms with E-state index in [1.54, 1.807) is 0 Å². The lowest BCUT2D eigenvalue weighted by molar-refractivity contribution is -0.161. The average Bonchev–Trinajstić information content (AvgIpc) is 3.37. The van der Waals surface area contributed by atoms with Gasteiger partial charge in [0.05, 0.1) is 13.2 Å². The summed E-state index contributed by atoms with van der Waals surface area (Å²) in [5.74, 6) is -0.812. The van der Waals surface area contributed by atoms with Gasteiger partial charge in [-0.25, -0.2) is 4.57 Å². The molecule has 0 spiro atoms. The smallest absolute Gasteiger partial charge is 0.462 e. The second kappa shape index (κ2) is 58.7. The minimum atomic E-state index is -4.37. The van der Waals surface area contributed by atoms with Crippen LogP contribution in [-0.2, 0) is 32.7 Å². The topological polar surface area (TPSA) is 134 Å². The fourth-order valence-electron chi connectivity index (χ4n) is 9.44. The van der Waals surface area contributed by atoms with Crippen LogP contribution in [0.2, 0.25) is 0 Å². The SMILES string of the molecule is CCCCCCC/C=C\C/C=C\CCCCCCCCCCCCCCCCCCCCCCCCCCCCCCCC(=O)OC(COC(=O)CCCCCCCCCCCC)COP(=O)(O)OCCN. The molecule has 0 aromatic rings. The van der Waals surface area contributed by atoms with E-state index < -0.39 is 26.5 Å². The zero-order valence-electron chi connectivity index (χ0n) is 47.7. The summed E-state index contributed by atoms with van der Waals surface area (Å²) in [4.78, 5) is 35.0. The number of rotatable bonds is 60. The van der Waals surface area contributed by atoms with Crippen molar-refractivity contribution in [2.75, 3.05) is 26.4 Å². The number of phosphoric acid groups is 1. The third-order valence-electron chi connectivity index (χ3n) is 14.1. The lowest BCUT2D eigenvalue weighted by Gasteiger charge is -2.19. The van der Waals surface area contributed by atoms with E-state index in [2.05, 4.69) is 38.2 Å². The standard InChI is InChI=1S/C62H120NO8P/c1-3-5-7-9-11-13-15-16-17-18-19-20-21-22-23-24-25-26-27-28-29-30-31-32-33-34-35-36-37-38-39-40-41-42-43-44-45-47-49-51-53-55-62(65)71-60(59-70-72(66,67)69-57-56-63)58-68-61(64)54-52-50-48-46-14-12-10-8-6-4-2/h15-16,18-19,60H,3-14,17,20-59,63H2,1-2H3,(H,66,67)/b16-15-,19-18-. The molecule has 72 heavy (non-hydrogen) atoms. The van der Waals surface area contributed by atoms with Gasteiger partial charge in [-0.1, -0.05) is 295 Å². The lowest BCUT2D eigenvalue weighted by atomic mass is 10.0. The first-order valence-corrected chi connectivity index (χ1v) is 32.8. The molecular weight excluding hydrogens is 918 g/mol. The van der Waals surface area contributed by atoms with Crippen molar-refractivity contribution >= 4 is 19.8 Å². The molecule has 426 valence electrons. The molecule has 0 rings (SSSR count). The van der Waals surface area contributed by atoms with Gasteiger partial charge in [-0.05, 0) is 44.9 Å². The number of hydrogen-bond acceptors (Lipinski definition) is 8. The van der Waals surface area contributed by atoms with Gasteiger partial charge >= 0.3 is 19.8 Å². The van der Waals surface area contributed by atoms with Crippen LogP contribution in [0.5, 0.6) is 0 Å². The van der Waals surface area contributed by atoms with E-state index in [0.29, 0.717) is 6.42 Å². The number of unbranched alkanes of at least 4 members (excludes halogenated alkanes) is 43. The molecular formula is C62H120NO8P. The summed E-state index contributed by atoms with van der Waals surface area (Å²) < 4.78 is 32.9. The Hall–Kier alpha value is -1.51. The molecule has 0 aromatic heterocycles. The summed E-state index contributed by atoms with van der Waals surface area (Å²) in [7, 11) is -4.37. The Balaban J connectivity index is 3.65. The fourth-order valence-corrected chi connectivity index (χ4v) is 10.2. The quantitative estimate of drug-likeness (QED) is 0.0264. The Bertz CT molecular complexity index is 1230. The third kappa shape index (κ3) is 57.8. The summed E-state index contributed by atoms with van der Waals surface area (Å²) >= 11 is 0. The molecule has 0 saturated heterocycles. The molecule has 2 unspecified atom stereocenters. The molecule has 0 radical (unpaired) electrons. The Kier molecular flexibility index (Phi) is 57.5. The first-order chi connectivity index (χ1) is 35.3. The number of ether oxygens (including phenoxy) is 2. The highest BCUT2D eigenvalue weighted by atomic mass is 31.2. The third-order valence-corrected chi connectivity index (χ3v) is 15.1. The molecule has 0 aliphatic heterocycles. The van der Waals surface area contributed by atoms with Gasteiger partial charge in [-0.15, -0.1) is 0 Å². The Labute approximate surface area is 446 Å². The van der Waals surface area contributed by atoms with Gasteiger partial charge in [-0.3, -0.25) is 18.6 Å². The first kappa shape index (κ1) is 70.5. The van der Waals surface area contributed by atoms with Crippen LogP contribution in [-0.4, -0.2) is 49.3 Å². The van der Waals surface area contributed by atoms with Crippen LogP contribution in [0.15, 0.2) is 24.3 Å². The van der Waals surface area contributed by atoms with Crippen molar-refractivity contribution in [1.82, 2.24) is 0 Å². The van der Waals surface area contributed by atoms with Crippen LogP contribution in [0.25, 0.3) is 0 Å². The second-order valence-corrected chi connectivity index (χ2v) is 22.7. The van der Waals surface area contributed by atoms with E-state index in [1.807, 2.05) is 0 Å². The number of carbonyl (C=O) groups is 2. The van der Waals surface area contributed by atoms with Crippen LogP contribution in [0.3, 0.4) is 0 Å². The van der Waals surface area contributed by atoms with Gasteiger partial charge in [0.25, 0.3) is 0 Å². The summed E-state index contributed by atoms with van der Waals surface area (Å²) in [6.45, 7) is 3.76. The summed E-state index contributed by atoms with van der Waals surface area (Å²) in [5.41, 5.74) is 5.37. The minimum Gasteiger partial charge on any atom is -0.462 e. The van der Waals surface area contributed by atoms with E-state index in [9.17, 15) is 19.0 Å². The molecule has 0 fully saturated rings. The van der Waals surface area contributed by atoms with E-state index in [4.69, 9.17) is 24.3 Å². The molecule has 9 nitrogen and oxygen atoms in total. The first-order valence-electron chi connectivity index (χ1n) is 31.3. The van der Waals surface area contributed by atoms with Crippen molar-refractivity contribution in [3.63, 3.8) is 0 Å². The second-order valence-electron chi connectivity index (χ2n) is 21.3. The molecule has 3 N–H and O–H groups in total. The van der Waals surface area contributed by atoms with Crippen LogP contribution in [0.1, 0.15) is 328 Å². The molecule has 0 aliphatic carbocycles. The minimum absolute atomic E-state index is 0.0572. The summed E-state index contributed by atoms with van der Waals surface area (Å²) in [6.07, 6.45) is 70.1. The number of nitrogens with two attached hydrogens (primary N) is 1. The molecule has 0 amide bonds. The fraction of sp³-hybridized carbons (Fsp3) is 0.903. The zero-order chi connectivity index (χ0) is 52.4. The van der Waals surface area contributed by atoms with E-state index in [-0.39, 0.29) is 38.6 Å². The summed E-state index contributed by atoms with van der Waals surface area (Å²) in [5, 5.41) is 0. The van der Waals surface area contributed by atoms with Gasteiger partial charge in [-0.2, -0.15) is 0 Å². The van der Waals surface area contributed by atoms with Crippen LogP contribution in [0, 0.1) is 0 Å². The van der Waals surface area contributed by atoms with Gasteiger partial charge in [0, 0.05) is 19.4 Å². The highest BCUT2D eigenvalue weighted by Crippen LogP contribution is 2.43. The summed E-state index contributed by atoms with van der Waals surface area (Å²) in [6, 6.07) is 0. The van der Waals surface area contributed by atoms with Crippen molar-refractivity contribution in [2.24, 2.45) is 5.73 Å². The monoisotopic (exact) mass is 1040 g/mol. The van der Waals surface area contributed by atoms with E-state index in [1.165, 1.54) is 257 Å². The van der Waals surface area contributed by atoms with Gasteiger partial charge < -0.3 is 20.1 Å². The highest BCUT2D eigenvalue weighted by Gasteiger charge is 2.26. The number of allylic oxidation sites excluding steroid dienone is 4. The largest absolute Gasteiger partial charge is 0.472 e. The Morgan fingerprint density at radius 2 is 0.722 bits per heavy atom. The van der Waals surface area contributed by atoms with Crippen molar-refractivity contribution < 1.29 is 37.6 Å². The molecule has 0 heterocycles. The van der Waals surface area contributed by atoms with Gasteiger partial charge in [0.15, 0.2) is 6.10 Å². The molecule has 2 atom stereocenters. The molecule has 10 heteroatoms. The van der Waals surface area contributed by atoms with Crippen LogP contribution < -0.4 is 5.73 Å². The average molecular weight is 1040 g/mol. The number of esters is 2. The molecule has 0 aliphatic rings. The lowest BCUT2D eigenvalue weighted by Crippen LogP contribution is -2.29. The maximum atomic E-state index is 12.7. The van der Waals surface area contributed by atoms with Gasteiger partial charge in [0.1, 0.15) is 6.61 Å². The van der Waals surface area contributed by atoms with E-state index >= 15 is 0 Å². The van der Waals surface area contributed by atoms with Crippen molar-refractivity contribution in [3.8, 4) is 0 Å². The zero-order valence-corrected chi connectivity index (χ0v) is 48.6. The van der Waals surface area contributed by atoms with Gasteiger partial charge in [0.2, 0.25) is 0 Å². The number of carbonyl (C=O) groups excluding carboxylic acids is 2. The predicted molar refractivity (Wildman–Crippen MR) is 307 cm³/mol. The van der Waals surface area contributed by atoms with E-state index in [0.717, 1.165) is 38.5 Å². The van der Waals surface area contributed by atoms with Crippen molar-refractivity contribution in [2.45, 2.75) is 335 Å². The van der Waals surface area contributed by atoms with Crippen molar-refractivity contribution in [3.05, 3.63) is 24.3 Å². The molecule has 0 aromatic carbocycles.